The molecule has 3 nitrogen and oxygen atoms in total. The smallest absolute Gasteiger partial charge is 0.238 e. The van der Waals surface area contributed by atoms with E-state index in [4.69, 9.17) is 34.8 Å². The molecule has 1 amide bonds. The third-order valence-electron chi connectivity index (χ3n) is 3.86. The second kappa shape index (κ2) is 7.68. The van der Waals surface area contributed by atoms with Crippen LogP contribution in [0.3, 0.4) is 0 Å². The summed E-state index contributed by atoms with van der Waals surface area (Å²) in [5.41, 5.74) is 0.421. The first-order chi connectivity index (χ1) is 9.97. The number of likely N-dealkylation sites (N-methyl/N-ethyl adjacent to an activating group) is 1. The van der Waals surface area contributed by atoms with Gasteiger partial charge >= 0.3 is 0 Å². The Bertz CT molecular complexity index is 493. The maximum absolute atomic E-state index is 12.2. The summed E-state index contributed by atoms with van der Waals surface area (Å²) in [6.45, 7) is 0.333. The van der Waals surface area contributed by atoms with E-state index >= 15 is 0 Å². The van der Waals surface area contributed by atoms with Crippen molar-refractivity contribution in [3.63, 3.8) is 0 Å². The van der Waals surface area contributed by atoms with Crippen LogP contribution in [0.1, 0.15) is 32.1 Å². The van der Waals surface area contributed by atoms with Gasteiger partial charge in [0.05, 0.1) is 22.3 Å². The first kappa shape index (κ1) is 16.9. The monoisotopic (exact) mass is 348 g/mol. The van der Waals surface area contributed by atoms with Gasteiger partial charge in [-0.05, 0) is 32.0 Å². The number of hydrogen-bond donors (Lipinski definition) is 1. The number of hydrogen-bond acceptors (Lipinski definition) is 2. The molecule has 0 saturated heterocycles. The summed E-state index contributed by atoms with van der Waals surface area (Å²) in [6, 6.07) is 3.62. The third kappa shape index (κ3) is 4.75. The zero-order valence-electron chi connectivity index (χ0n) is 12.0. The van der Waals surface area contributed by atoms with Crippen molar-refractivity contribution < 1.29 is 4.79 Å². The molecule has 0 radical (unpaired) electrons. The SMILES string of the molecule is CN(CC(=O)Nc1c(Cl)cc(Cl)cc1Cl)C1CCCCC1. The summed E-state index contributed by atoms with van der Waals surface area (Å²) in [5, 5.41) is 3.92. The van der Waals surface area contributed by atoms with Crippen LogP contribution in [0, 0.1) is 0 Å². The second-order valence-corrected chi connectivity index (χ2v) is 6.75. The van der Waals surface area contributed by atoms with Gasteiger partial charge in [0.15, 0.2) is 0 Å². The highest BCUT2D eigenvalue weighted by Gasteiger charge is 2.20. The van der Waals surface area contributed by atoms with E-state index in [0.29, 0.717) is 33.3 Å². The van der Waals surface area contributed by atoms with Crippen LogP contribution in [-0.2, 0) is 4.79 Å². The van der Waals surface area contributed by atoms with Crippen LogP contribution < -0.4 is 5.32 Å². The summed E-state index contributed by atoms with van der Waals surface area (Å²) in [4.78, 5) is 14.3. The number of rotatable bonds is 4. The van der Waals surface area contributed by atoms with Gasteiger partial charge in [0.2, 0.25) is 5.91 Å². The maximum atomic E-state index is 12.2. The zero-order chi connectivity index (χ0) is 15.4. The van der Waals surface area contributed by atoms with Crippen molar-refractivity contribution in [3.8, 4) is 0 Å². The van der Waals surface area contributed by atoms with E-state index in [2.05, 4.69) is 10.2 Å². The van der Waals surface area contributed by atoms with Crippen LogP contribution in [0.4, 0.5) is 5.69 Å². The number of nitrogens with zero attached hydrogens (tertiary/aromatic N) is 1. The zero-order valence-corrected chi connectivity index (χ0v) is 14.2. The van der Waals surface area contributed by atoms with Gasteiger partial charge in [-0.15, -0.1) is 0 Å². The van der Waals surface area contributed by atoms with Crippen molar-refractivity contribution in [2.24, 2.45) is 0 Å². The summed E-state index contributed by atoms with van der Waals surface area (Å²) < 4.78 is 0. The second-order valence-electron chi connectivity index (χ2n) is 5.50. The van der Waals surface area contributed by atoms with Gasteiger partial charge in [0.25, 0.3) is 0 Å². The molecule has 116 valence electrons. The number of carbonyl (C=O) groups is 1. The minimum absolute atomic E-state index is 0.116. The Kier molecular flexibility index (Phi) is 6.18. The Morgan fingerprint density at radius 1 is 1.19 bits per heavy atom. The van der Waals surface area contributed by atoms with Crippen LogP contribution >= 0.6 is 34.8 Å². The van der Waals surface area contributed by atoms with Crippen LogP contribution in [-0.4, -0.2) is 30.4 Å². The molecule has 1 N–H and O–H groups in total. The van der Waals surface area contributed by atoms with Gasteiger partial charge in [-0.2, -0.15) is 0 Å². The number of halogens is 3. The molecule has 2 rings (SSSR count). The van der Waals surface area contributed by atoms with Gasteiger partial charge in [-0.1, -0.05) is 54.1 Å². The highest BCUT2D eigenvalue weighted by atomic mass is 35.5. The average Bonchev–Trinajstić information content (AvgIpc) is 2.43. The summed E-state index contributed by atoms with van der Waals surface area (Å²) in [5.74, 6) is -0.116. The lowest BCUT2D eigenvalue weighted by Gasteiger charge is -2.30. The highest BCUT2D eigenvalue weighted by Crippen LogP contribution is 2.33. The molecule has 1 aliphatic rings. The van der Waals surface area contributed by atoms with Crippen molar-refractivity contribution in [2.45, 2.75) is 38.1 Å². The molecule has 0 bridgehead atoms. The van der Waals surface area contributed by atoms with Crippen molar-refractivity contribution in [2.75, 3.05) is 18.9 Å². The van der Waals surface area contributed by atoms with E-state index in [-0.39, 0.29) is 5.91 Å². The molecular formula is C15H19Cl3N2O. The van der Waals surface area contributed by atoms with Crippen LogP contribution in [0.25, 0.3) is 0 Å². The molecule has 1 saturated carbocycles. The Balaban J connectivity index is 1.95. The quantitative estimate of drug-likeness (QED) is 0.842. The van der Waals surface area contributed by atoms with Gasteiger partial charge < -0.3 is 5.32 Å². The fraction of sp³-hybridized carbons (Fsp3) is 0.533. The van der Waals surface area contributed by atoms with Crippen molar-refractivity contribution >= 4 is 46.4 Å². The maximum Gasteiger partial charge on any atom is 0.238 e. The molecule has 0 heterocycles. The molecule has 1 aliphatic carbocycles. The molecule has 21 heavy (non-hydrogen) atoms. The Hall–Kier alpha value is -0.480. The van der Waals surface area contributed by atoms with E-state index < -0.39 is 0 Å². The minimum Gasteiger partial charge on any atom is -0.322 e. The van der Waals surface area contributed by atoms with Gasteiger partial charge in [0.1, 0.15) is 0 Å². The number of amides is 1. The lowest BCUT2D eigenvalue weighted by atomic mass is 9.94. The van der Waals surface area contributed by atoms with Gasteiger partial charge in [0, 0.05) is 11.1 Å². The van der Waals surface area contributed by atoms with Crippen molar-refractivity contribution in [1.29, 1.82) is 0 Å². The molecule has 0 spiro atoms. The topological polar surface area (TPSA) is 32.3 Å². The van der Waals surface area contributed by atoms with Gasteiger partial charge in [-0.25, -0.2) is 0 Å². The van der Waals surface area contributed by atoms with E-state index in [1.54, 1.807) is 12.1 Å². The third-order valence-corrected chi connectivity index (χ3v) is 4.68. The van der Waals surface area contributed by atoms with E-state index in [1.807, 2.05) is 7.05 Å². The number of benzene rings is 1. The molecule has 0 aromatic heterocycles. The molecule has 0 unspecified atom stereocenters. The fourth-order valence-electron chi connectivity index (χ4n) is 2.72. The number of anilines is 1. The van der Waals surface area contributed by atoms with Crippen LogP contribution in [0.5, 0.6) is 0 Å². The van der Waals surface area contributed by atoms with Crippen molar-refractivity contribution in [1.82, 2.24) is 4.90 Å². The fourth-order valence-corrected chi connectivity index (χ4v) is 3.63. The Morgan fingerprint density at radius 2 is 1.76 bits per heavy atom. The highest BCUT2D eigenvalue weighted by molar-refractivity contribution is 6.42. The molecule has 0 aliphatic heterocycles. The Morgan fingerprint density at radius 3 is 2.33 bits per heavy atom. The lowest BCUT2D eigenvalue weighted by molar-refractivity contribution is -0.117. The predicted octanol–water partition coefficient (Wildman–Crippen LogP) is 4.85. The average molecular weight is 350 g/mol. The summed E-state index contributed by atoms with van der Waals surface area (Å²) >= 11 is 18.0. The molecule has 6 heteroatoms. The van der Waals surface area contributed by atoms with Gasteiger partial charge in [-0.3, -0.25) is 9.69 Å². The van der Waals surface area contributed by atoms with Crippen LogP contribution in [0.2, 0.25) is 15.1 Å². The molecule has 1 aromatic carbocycles. The first-order valence-corrected chi connectivity index (χ1v) is 8.25. The predicted molar refractivity (Wildman–Crippen MR) is 89.6 cm³/mol. The number of carbonyl (C=O) groups excluding carboxylic acids is 1. The normalized spacial score (nSPS) is 16.2. The summed E-state index contributed by atoms with van der Waals surface area (Å²) in [6.07, 6.45) is 6.10. The van der Waals surface area contributed by atoms with E-state index in [0.717, 1.165) is 12.8 Å². The summed E-state index contributed by atoms with van der Waals surface area (Å²) in [7, 11) is 1.99. The lowest BCUT2D eigenvalue weighted by Crippen LogP contribution is -2.39. The standard InChI is InChI=1S/C15H19Cl3N2O/c1-20(11-5-3-2-4-6-11)9-14(21)19-15-12(17)7-10(16)8-13(15)18/h7-8,11H,2-6,9H2,1H3,(H,19,21). The minimum atomic E-state index is -0.116. The largest absolute Gasteiger partial charge is 0.322 e. The number of nitrogens with one attached hydrogen (secondary N) is 1. The molecular weight excluding hydrogens is 331 g/mol. The molecule has 1 fully saturated rings. The molecule has 0 atom stereocenters. The molecule has 1 aromatic rings. The van der Waals surface area contributed by atoms with Crippen LogP contribution in [0.15, 0.2) is 12.1 Å². The first-order valence-electron chi connectivity index (χ1n) is 7.12. The van der Waals surface area contributed by atoms with Crippen molar-refractivity contribution in [3.05, 3.63) is 27.2 Å². The Labute approximate surface area is 140 Å². The van der Waals surface area contributed by atoms with E-state index in [9.17, 15) is 4.79 Å². The van der Waals surface area contributed by atoms with E-state index in [1.165, 1.54) is 19.3 Å².